The highest BCUT2D eigenvalue weighted by Crippen LogP contribution is 2.25. The van der Waals surface area contributed by atoms with E-state index in [1.807, 2.05) is 13.8 Å². The van der Waals surface area contributed by atoms with Crippen LogP contribution in [0.3, 0.4) is 0 Å². The van der Waals surface area contributed by atoms with E-state index in [0.29, 0.717) is 16.3 Å². The minimum Gasteiger partial charge on any atom is -0.391 e. The molecule has 1 N–H and O–H groups in total. The number of hydrogen-bond acceptors (Lipinski definition) is 4. The third-order valence-corrected chi connectivity index (χ3v) is 6.27. The molecule has 0 aliphatic heterocycles. The molecule has 0 saturated heterocycles. The highest BCUT2D eigenvalue weighted by Gasteiger charge is 2.28. The zero-order valence-electron chi connectivity index (χ0n) is 11.8. The van der Waals surface area contributed by atoms with Gasteiger partial charge < -0.3 is 5.11 Å². The summed E-state index contributed by atoms with van der Waals surface area (Å²) in [6, 6.07) is 1.57. The van der Waals surface area contributed by atoms with Crippen molar-refractivity contribution in [2.45, 2.75) is 57.6 Å². The van der Waals surface area contributed by atoms with Crippen molar-refractivity contribution in [2.24, 2.45) is 0 Å². The first kappa shape index (κ1) is 16.6. The lowest BCUT2D eigenvalue weighted by atomic mass is 10.2. The van der Waals surface area contributed by atoms with Crippen LogP contribution in [-0.4, -0.2) is 30.4 Å². The molecule has 6 heteroatoms. The highest BCUT2D eigenvalue weighted by atomic mass is 32.2. The molecule has 0 radical (unpaired) electrons. The van der Waals surface area contributed by atoms with Gasteiger partial charge in [0.1, 0.15) is 0 Å². The van der Waals surface area contributed by atoms with Crippen LogP contribution in [0.1, 0.15) is 44.9 Å². The number of thiophene rings is 1. The van der Waals surface area contributed by atoms with Crippen LogP contribution in [0.15, 0.2) is 16.3 Å². The minimum absolute atomic E-state index is 0.00553. The van der Waals surface area contributed by atoms with Gasteiger partial charge in [0.05, 0.1) is 11.5 Å². The number of unbranched alkanes of at least 4 members (excludes halogenated alkanes) is 1. The number of rotatable bonds is 8. The second-order valence-electron chi connectivity index (χ2n) is 4.63. The van der Waals surface area contributed by atoms with Crippen molar-refractivity contribution in [3.8, 4) is 0 Å². The molecule has 1 rings (SSSR count). The van der Waals surface area contributed by atoms with Gasteiger partial charge in [-0.05, 0) is 25.8 Å². The molecule has 0 bridgehead atoms. The summed E-state index contributed by atoms with van der Waals surface area (Å²) in [5.74, 6) is 0. The standard InChI is InChI=1S/C13H23NO3S2/c1-4-6-7-14(11(3)5-2)19(16,17)13-8-12(9-15)18-10-13/h8,10-11,15H,4-7,9H2,1-3H3. The Balaban J connectivity index is 3.04. The summed E-state index contributed by atoms with van der Waals surface area (Å²) in [6.07, 6.45) is 2.62. The summed E-state index contributed by atoms with van der Waals surface area (Å²) in [7, 11) is -3.44. The molecular weight excluding hydrogens is 282 g/mol. The first-order valence-corrected chi connectivity index (χ1v) is 8.99. The van der Waals surface area contributed by atoms with Crippen LogP contribution in [0.25, 0.3) is 0 Å². The van der Waals surface area contributed by atoms with E-state index < -0.39 is 10.0 Å². The number of aliphatic hydroxyl groups excluding tert-OH is 1. The number of sulfonamides is 1. The van der Waals surface area contributed by atoms with Gasteiger partial charge in [-0.15, -0.1) is 11.3 Å². The average Bonchev–Trinajstić information content (AvgIpc) is 2.88. The maximum absolute atomic E-state index is 12.6. The lowest BCUT2D eigenvalue weighted by Gasteiger charge is -2.27. The fourth-order valence-corrected chi connectivity index (χ4v) is 4.67. The third kappa shape index (κ3) is 4.02. The van der Waals surface area contributed by atoms with E-state index in [2.05, 4.69) is 6.92 Å². The maximum Gasteiger partial charge on any atom is 0.244 e. The largest absolute Gasteiger partial charge is 0.391 e. The van der Waals surface area contributed by atoms with Crippen LogP contribution in [0.4, 0.5) is 0 Å². The van der Waals surface area contributed by atoms with E-state index in [1.165, 1.54) is 11.3 Å². The zero-order chi connectivity index (χ0) is 14.5. The molecule has 0 aromatic carbocycles. The van der Waals surface area contributed by atoms with Crippen molar-refractivity contribution < 1.29 is 13.5 Å². The van der Waals surface area contributed by atoms with E-state index in [0.717, 1.165) is 19.3 Å². The molecule has 1 unspecified atom stereocenters. The van der Waals surface area contributed by atoms with Gasteiger partial charge in [-0.3, -0.25) is 0 Å². The number of aliphatic hydroxyl groups is 1. The van der Waals surface area contributed by atoms with Gasteiger partial charge in [-0.2, -0.15) is 4.31 Å². The second-order valence-corrected chi connectivity index (χ2v) is 7.52. The Morgan fingerprint density at radius 1 is 1.42 bits per heavy atom. The lowest BCUT2D eigenvalue weighted by molar-refractivity contribution is 0.285. The summed E-state index contributed by atoms with van der Waals surface area (Å²) >= 11 is 1.28. The Hall–Kier alpha value is -0.430. The Labute approximate surface area is 120 Å². The van der Waals surface area contributed by atoms with Crippen molar-refractivity contribution in [2.75, 3.05) is 6.54 Å². The van der Waals surface area contributed by atoms with E-state index in [4.69, 9.17) is 5.11 Å². The summed E-state index contributed by atoms with van der Waals surface area (Å²) in [5, 5.41) is 10.7. The monoisotopic (exact) mass is 305 g/mol. The molecule has 0 fully saturated rings. The SMILES string of the molecule is CCCCN(C(C)CC)S(=O)(=O)c1csc(CO)c1. The second kappa shape index (κ2) is 7.38. The van der Waals surface area contributed by atoms with Crippen LogP contribution in [-0.2, 0) is 16.6 Å². The van der Waals surface area contributed by atoms with Gasteiger partial charge in [0.15, 0.2) is 0 Å². The Morgan fingerprint density at radius 2 is 2.11 bits per heavy atom. The van der Waals surface area contributed by atoms with Crippen LogP contribution < -0.4 is 0 Å². The smallest absolute Gasteiger partial charge is 0.244 e. The molecule has 0 spiro atoms. The molecule has 1 heterocycles. The molecule has 110 valence electrons. The predicted molar refractivity (Wildman–Crippen MR) is 78.8 cm³/mol. The molecule has 4 nitrogen and oxygen atoms in total. The van der Waals surface area contributed by atoms with E-state index in [1.54, 1.807) is 15.8 Å². The van der Waals surface area contributed by atoms with E-state index in [-0.39, 0.29) is 12.6 Å². The van der Waals surface area contributed by atoms with Gasteiger partial charge in [0.25, 0.3) is 0 Å². The fraction of sp³-hybridized carbons (Fsp3) is 0.692. The van der Waals surface area contributed by atoms with Crippen molar-refractivity contribution in [1.29, 1.82) is 0 Å². The van der Waals surface area contributed by atoms with Crippen LogP contribution in [0.2, 0.25) is 0 Å². The highest BCUT2D eigenvalue weighted by molar-refractivity contribution is 7.89. The molecule has 19 heavy (non-hydrogen) atoms. The van der Waals surface area contributed by atoms with Gasteiger partial charge in [-0.1, -0.05) is 20.3 Å². The predicted octanol–water partition coefficient (Wildman–Crippen LogP) is 2.83. The zero-order valence-corrected chi connectivity index (χ0v) is 13.4. The Kier molecular flexibility index (Phi) is 6.46. The van der Waals surface area contributed by atoms with E-state index >= 15 is 0 Å². The number of hydrogen-bond donors (Lipinski definition) is 1. The molecule has 0 aliphatic carbocycles. The normalized spacial score (nSPS) is 13.9. The average molecular weight is 305 g/mol. The summed E-state index contributed by atoms with van der Waals surface area (Å²) < 4.78 is 26.8. The van der Waals surface area contributed by atoms with Crippen LogP contribution in [0.5, 0.6) is 0 Å². The van der Waals surface area contributed by atoms with Crippen molar-refractivity contribution in [1.82, 2.24) is 4.31 Å². The maximum atomic E-state index is 12.6. The molecule has 0 aliphatic rings. The quantitative estimate of drug-likeness (QED) is 0.803. The van der Waals surface area contributed by atoms with Gasteiger partial charge in [-0.25, -0.2) is 8.42 Å². The van der Waals surface area contributed by atoms with Crippen molar-refractivity contribution >= 4 is 21.4 Å². The Morgan fingerprint density at radius 3 is 2.58 bits per heavy atom. The van der Waals surface area contributed by atoms with Gasteiger partial charge >= 0.3 is 0 Å². The molecule has 1 aromatic heterocycles. The summed E-state index contributed by atoms with van der Waals surface area (Å²) in [6.45, 7) is 6.42. The lowest BCUT2D eigenvalue weighted by Crippen LogP contribution is -2.38. The molecule has 1 atom stereocenters. The fourth-order valence-electron chi connectivity index (χ4n) is 1.81. The van der Waals surface area contributed by atoms with Gasteiger partial charge in [0.2, 0.25) is 10.0 Å². The minimum atomic E-state index is -3.44. The number of nitrogens with zero attached hydrogens (tertiary/aromatic N) is 1. The topological polar surface area (TPSA) is 57.6 Å². The Bertz CT molecular complexity index is 482. The molecule has 0 saturated carbocycles. The van der Waals surface area contributed by atoms with Crippen LogP contribution >= 0.6 is 11.3 Å². The third-order valence-electron chi connectivity index (χ3n) is 3.21. The van der Waals surface area contributed by atoms with E-state index in [9.17, 15) is 8.42 Å². The molecular formula is C13H23NO3S2. The first-order valence-electron chi connectivity index (χ1n) is 6.67. The van der Waals surface area contributed by atoms with Crippen molar-refractivity contribution in [3.63, 3.8) is 0 Å². The first-order chi connectivity index (χ1) is 8.97. The summed E-state index contributed by atoms with van der Waals surface area (Å²) in [4.78, 5) is 0.983. The van der Waals surface area contributed by atoms with Crippen molar-refractivity contribution in [3.05, 3.63) is 16.3 Å². The molecule has 1 aromatic rings. The van der Waals surface area contributed by atoms with Crippen LogP contribution in [0, 0.1) is 0 Å². The summed E-state index contributed by atoms with van der Waals surface area (Å²) in [5.41, 5.74) is 0. The van der Waals surface area contributed by atoms with Gasteiger partial charge in [0, 0.05) is 22.8 Å². The molecule has 0 amide bonds.